The Bertz CT molecular complexity index is 295. The third-order valence-electron chi connectivity index (χ3n) is 2.31. The van der Waals surface area contributed by atoms with Crippen LogP contribution in [0.1, 0.15) is 19.8 Å². The van der Waals surface area contributed by atoms with Gasteiger partial charge < -0.3 is 10.6 Å². The van der Waals surface area contributed by atoms with Gasteiger partial charge in [-0.2, -0.15) is 5.26 Å². The zero-order valence-electron chi connectivity index (χ0n) is 8.06. The third-order valence-corrected chi connectivity index (χ3v) is 2.31. The molecule has 0 aromatic heterocycles. The van der Waals surface area contributed by atoms with Crippen LogP contribution in [-0.4, -0.2) is 29.3 Å². The molecule has 14 heavy (non-hydrogen) atoms. The van der Waals surface area contributed by atoms with E-state index in [0.717, 1.165) is 0 Å². The van der Waals surface area contributed by atoms with Crippen molar-refractivity contribution in [2.75, 3.05) is 6.54 Å². The Hall–Kier alpha value is -1.57. The SMILES string of the molecule is CC1CC(C#N)N(C(=O)CC(N)=O)C1. The molecule has 0 aromatic carbocycles. The standard InChI is InChI=1S/C9H13N3O2/c1-6-2-7(4-10)12(5-6)9(14)3-8(11)13/h6-7H,2-3,5H2,1H3,(H2,11,13). The van der Waals surface area contributed by atoms with E-state index in [2.05, 4.69) is 6.07 Å². The Morgan fingerprint density at radius 1 is 1.64 bits per heavy atom. The van der Waals surface area contributed by atoms with Crippen LogP contribution in [-0.2, 0) is 9.59 Å². The second kappa shape index (κ2) is 4.09. The van der Waals surface area contributed by atoms with Gasteiger partial charge in [-0.3, -0.25) is 9.59 Å². The Morgan fingerprint density at radius 3 is 2.79 bits per heavy atom. The van der Waals surface area contributed by atoms with Crippen molar-refractivity contribution in [2.24, 2.45) is 11.7 Å². The normalized spacial score (nSPS) is 25.9. The van der Waals surface area contributed by atoms with Crippen molar-refractivity contribution in [1.82, 2.24) is 4.90 Å². The first kappa shape index (κ1) is 10.5. The van der Waals surface area contributed by atoms with Crippen molar-refractivity contribution in [2.45, 2.75) is 25.8 Å². The van der Waals surface area contributed by atoms with Crippen LogP contribution in [0, 0.1) is 17.2 Å². The van der Waals surface area contributed by atoms with E-state index in [-0.39, 0.29) is 12.3 Å². The lowest BCUT2D eigenvalue weighted by atomic mass is 10.1. The molecule has 5 nitrogen and oxygen atoms in total. The van der Waals surface area contributed by atoms with Crippen LogP contribution in [0.3, 0.4) is 0 Å². The summed E-state index contributed by atoms with van der Waals surface area (Å²) in [5, 5.41) is 8.78. The smallest absolute Gasteiger partial charge is 0.233 e. The zero-order valence-corrected chi connectivity index (χ0v) is 8.06. The number of amides is 2. The van der Waals surface area contributed by atoms with Crippen molar-refractivity contribution in [3.8, 4) is 6.07 Å². The van der Waals surface area contributed by atoms with Crippen LogP contribution < -0.4 is 5.73 Å². The van der Waals surface area contributed by atoms with E-state index in [1.165, 1.54) is 4.90 Å². The number of nitrogens with two attached hydrogens (primary N) is 1. The van der Waals surface area contributed by atoms with Crippen molar-refractivity contribution in [3.63, 3.8) is 0 Å². The van der Waals surface area contributed by atoms with Crippen molar-refractivity contribution in [1.29, 1.82) is 5.26 Å². The molecule has 1 rings (SSSR count). The van der Waals surface area contributed by atoms with Gasteiger partial charge in [-0.1, -0.05) is 6.92 Å². The van der Waals surface area contributed by atoms with Crippen LogP contribution in [0.5, 0.6) is 0 Å². The molecule has 2 unspecified atom stereocenters. The molecule has 5 heteroatoms. The third kappa shape index (κ3) is 2.22. The lowest BCUT2D eigenvalue weighted by molar-refractivity contribution is -0.135. The molecule has 2 atom stereocenters. The van der Waals surface area contributed by atoms with Crippen LogP contribution in [0.2, 0.25) is 0 Å². The summed E-state index contributed by atoms with van der Waals surface area (Å²) in [7, 11) is 0. The summed E-state index contributed by atoms with van der Waals surface area (Å²) in [6, 6.07) is 1.66. The van der Waals surface area contributed by atoms with E-state index in [4.69, 9.17) is 11.0 Å². The average Bonchev–Trinajstić information content (AvgIpc) is 2.45. The Labute approximate surface area is 82.5 Å². The van der Waals surface area contributed by atoms with Gasteiger partial charge in [-0.15, -0.1) is 0 Å². The number of nitriles is 1. The molecule has 1 aliphatic heterocycles. The summed E-state index contributed by atoms with van der Waals surface area (Å²) >= 11 is 0. The molecule has 0 aliphatic carbocycles. The molecule has 1 fully saturated rings. The maximum atomic E-state index is 11.4. The van der Waals surface area contributed by atoms with Gasteiger partial charge in [0.2, 0.25) is 11.8 Å². The first-order valence-corrected chi connectivity index (χ1v) is 4.52. The molecule has 76 valence electrons. The fourth-order valence-corrected chi connectivity index (χ4v) is 1.69. The monoisotopic (exact) mass is 195 g/mol. The van der Waals surface area contributed by atoms with E-state index >= 15 is 0 Å². The van der Waals surface area contributed by atoms with Gasteiger partial charge in [-0.25, -0.2) is 0 Å². The second-order valence-corrected chi connectivity index (χ2v) is 3.67. The summed E-state index contributed by atoms with van der Waals surface area (Å²) in [5.41, 5.74) is 4.91. The number of carbonyl (C=O) groups is 2. The number of primary amides is 1. The van der Waals surface area contributed by atoms with Crippen LogP contribution >= 0.6 is 0 Å². The van der Waals surface area contributed by atoms with Crippen LogP contribution in [0.25, 0.3) is 0 Å². The summed E-state index contributed by atoms with van der Waals surface area (Å²) in [5.74, 6) is -0.670. The van der Waals surface area contributed by atoms with E-state index < -0.39 is 11.9 Å². The molecule has 0 bridgehead atoms. The highest BCUT2D eigenvalue weighted by molar-refractivity contribution is 5.96. The number of likely N-dealkylation sites (tertiary alicyclic amines) is 1. The zero-order chi connectivity index (χ0) is 10.7. The highest BCUT2D eigenvalue weighted by atomic mass is 16.2. The minimum absolute atomic E-state index is 0.301. The van der Waals surface area contributed by atoms with Crippen LogP contribution in [0.15, 0.2) is 0 Å². The van der Waals surface area contributed by atoms with E-state index in [1.54, 1.807) is 0 Å². The van der Waals surface area contributed by atoms with Gasteiger partial charge in [-0.05, 0) is 12.3 Å². The first-order chi connectivity index (χ1) is 6.54. The Balaban J connectivity index is 2.63. The number of hydrogen-bond donors (Lipinski definition) is 1. The molecule has 1 saturated heterocycles. The van der Waals surface area contributed by atoms with Gasteiger partial charge >= 0.3 is 0 Å². The van der Waals surface area contributed by atoms with Crippen molar-refractivity contribution in [3.05, 3.63) is 0 Å². The molecule has 0 saturated carbocycles. The predicted molar refractivity (Wildman–Crippen MR) is 48.7 cm³/mol. The molecule has 0 aromatic rings. The topological polar surface area (TPSA) is 87.2 Å². The molecular weight excluding hydrogens is 182 g/mol. The molecule has 0 radical (unpaired) electrons. The van der Waals surface area contributed by atoms with Gasteiger partial charge in [0, 0.05) is 6.54 Å². The van der Waals surface area contributed by atoms with Gasteiger partial charge in [0.05, 0.1) is 6.07 Å². The summed E-state index contributed by atoms with van der Waals surface area (Å²) in [6.07, 6.45) is 0.381. The summed E-state index contributed by atoms with van der Waals surface area (Å²) < 4.78 is 0. The number of hydrogen-bond acceptors (Lipinski definition) is 3. The van der Waals surface area contributed by atoms with Gasteiger partial charge in [0.25, 0.3) is 0 Å². The maximum Gasteiger partial charge on any atom is 0.233 e. The quantitative estimate of drug-likeness (QED) is 0.609. The minimum Gasteiger partial charge on any atom is -0.369 e. The molecular formula is C9H13N3O2. The highest BCUT2D eigenvalue weighted by Gasteiger charge is 2.33. The van der Waals surface area contributed by atoms with Crippen LogP contribution in [0.4, 0.5) is 0 Å². The van der Waals surface area contributed by atoms with Crippen molar-refractivity contribution < 1.29 is 9.59 Å². The number of rotatable bonds is 2. The van der Waals surface area contributed by atoms with Crippen molar-refractivity contribution >= 4 is 11.8 Å². The van der Waals surface area contributed by atoms with E-state index in [1.807, 2.05) is 6.92 Å². The minimum atomic E-state index is -0.647. The lowest BCUT2D eigenvalue weighted by Gasteiger charge is -2.18. The second-order valence-electron chi connectivity index (χ2n) is 3.67. The number of carbonyl (C=O) groups excluding carboxylic acids is 2. The fourth-order valence-electron chi connectivity index (χ4n) is 1.69. The highest BCUT2D eigenvalue weighted by Crippen LogP contribution is 2.22. The molecule has 0 spiro atoms. The summed E-state index contributed by atoms with van der Waals surface area (Å²) in [4.78, 5) is 23.4. The number of nitrogens with zero attached hydrogens (tertiary/aromatic N) is 2. The van der Waals surface area contributed by atoms with E-state index in [9.17, 15) is 9.59 Å². The fraction of sp³-hybridized carbons (Fsp3) is 0.667. The lowest BCUT2D eigenvalue weighted by Crippen LogP contribution is -2.37. The molecule has 1 aliphatic rings. The maximum absolute atomic E-state index is 11.4. The Kier molecular flexibility index (Phi) is 3.07. The first-order valence-electron chi connectivity index (χ1n) is 4.52. The summed E-state index contributed by atoms with van der Waals surface area (Å²) in [6.45, 7) is 2.52. The Morgan fingerprint density at radius 2 is 2.29 bits per heavy atom. The molecule has 2 N–H and O–H groups in total. The van der Waals surface area contributed by atoms with Gasteiger partial charge in [0.15, 0.2) is 0 Å². The average molecular weight is 195 g/mol. The molecule has 1 heterocycles. The van der Waals surface area contributed by atoms with Gasteiger partial charge in [0.1, 0.15) is 12.5 Å². The molecule has 2 amide bonds. The van der Waals surface area contributed by atoms with E-state index in [0.29, 0.717) is 18.9 Å². The largest absolute Gasteiger partial charge is 0.369 e. The predicted octanol–water partition coefficient (Wildman–Crippen LogP) is -0.378.